The second-order valence-electron chi connectivity index (χ2n) is 3.36. The van der Waals surface area contributed by atoms with Crippen LogP contribution in [-0.2, 0) is 4.79 Å². The van der Waals surface area contributed by atoms with E-state index >= 15 is 0 Å². The van der Waals surface area contributed by atoms with Gasteiger partial charge >= 0.3 is 5.97 Å². The monoisotopic (exact) mass is 235 g/mol. The molecular weight excluding hydrogens is 222 g/mol. The van der Waals surface area contributed by atoms with Gasteiger partial charge in [0, 0.05) is 5.57 Å². The molecule has 17 heavy (non-hydrogen) atoms. The topological polar surface area (TPSA) is 89.6 Å². The maximum Gasteiger partial charge on any atom is 0.331 e. The number of primary amides is 1. The van der Waals surface area contributed by atoms with E-state index < -0.39 is 11.9 Å². The Balaban J connectivity index is 2.73. The van der Waals surface area contributed by atoms with E-state index in [1.807, 2.05) is 0 Å². The average molecular weight is 235 g/mol. The fourth-order valence-corrected chi connectivity index (χ4v) is 1.14. The van der Waals surface area contributed by atoms with E-state index in [4.69, 9.17) is 15.6 Å². The van der Waals surface area contributed by atoms with Crippen molar-refractivity contribution in [1.29, 1.82) is 0 Å². The highest BCUT2D eigenvalue weighted by atomic mass is 16.5. The Morgan fingerprint density at radius 3 is 2.65 bits per heavy atom. The molecule has 0 radical (unpaired) electrons. The van der Waals surface area contributed by atoms with E-state index in [2.05, 4.69) is 0 Å². The molecule has 0 heterocycles. The van der Waals surface area contributed by atoms with Gasteiger partial charge in [0.05, 0.1) is 5.56 Å². The Bertz CT molecular complexity index is 465. The number of hydrogen-bond donors (Lipinski definition) is 2. The fraction of sp³-hybridized carbons (Fsp3) is 0.167. The average Bonchev–Trinajstić information content (AvgIpc) is 2.29. The van der Waals surface area contributed by atoms with Gasteiger partial charge in [0.25, 0.3) is 5.91 Å². The quantitative estimate of drug-likeness (QED) is 0.750. The van der Waals surface area contributed by atoms with Crippen LogP contribution >= 0.6 is 0 Å². The molecule has 0 saturated heterocycles. The van der Waals surface area contributed by atoms with Crippen molar-refractivity contribution < 1.29 is 19.4 Å². The first-order chi connectivity index (χ1) is 8.02. The lowest BCUT2D eigenvalue weighted by Crippen LogP contribution is -2.13. The number of carbonyl (C=O) groups is 2. The highest BCUT2D eigenvalue weighted by Crippen LogP contribution is 2.17. The minimum Gasteiger partial charge on any atom is -0.489 e. The summed E-state index contributed by atoms with van der Waals surface area (Å²) in [5.41, 5.74) is 5.62. The number of aliphatic carboxylic acids is 1. The lowest BCUT2D eigenvalue weighted by Gasteiger charge is -2.07. The Morgan fingerprint density at radius 2 is 2.06 bits per heavy atom. The molecule has 0 aromatic heterocycles. The third-order valence-corrected chi connectivity index (χ3v) is 2.12. The lowest BCUT2D eigenvalue weighted by atomic mass is 10.2. The number of carboxylic acids is 1. The fourth-order valence-electron chi connectivity index (χ4n) is 1.14. The van der Waals surface area contributed by atoms with Crippen molar-refractivity contribution in [2.75, 3.05) is 6.61 Å². The Morgan fingerprint density at radius 1 is 1.41 bits per heavy atom. The van der Waals surface area contributed by atoms with Gasteiger partial charge in [-0.25, -0.2) is 4.79 Å². The smallest absolute Gasteiger partial charge is 0.331 e. The van der Waals surface area contributed by atoms with E-state index in [0.717, 1.165) is 0 Å². The number of carbonyl (C=O) groups excluding carboxylic acids is 1. The van der Waals surface area contributed by atoms with Crippen LogP contribution in [-0.4, -0.2) is 23.6 Å². The number of para-hydroxylation sites is 1. The third kappa shape index (κ3) is 3.64. The highest BCUT2D eigenvalue weighted by molar-refractivity contribution is 5.95. The van der Waals surface area contributed by atoms with Crippen LogP contribution in [0.5, 0.6) is 5.75 Å². The number of carboxylic acid groups (broad SMARTS) is 1. The van der Waals surface area contributed by atoms with Gasteiger partial charge < -0.3 is 15.6 Å². The molecule has 5 heteroatoms. The maximum absolute atomic E-state index is 11.1. The van der Waals surface area contributed by atoms with Crippen LogP contribution in [0, 0.1) is 0 Å². The van der Waals surface area contributed by atoms with Crippen LogP contribution in [0.4, 0.5) is 0 Å². The first-order valence-electron chi connectivity index (χ1n) is 4.94. The molecule has 3 N–H and O–H groups in total. The third-order valence-electron chi connectivity index (χ3n) is 2.12. The van der Waals surface area contributed by atoms with Crippen molar-refractivity contribution >= 4 is 11.9 Å². The first kappa shape index (κ1) is 12.8. The molecule has 0 unspecified atom stereocenters. The summed E-state index contributed by atoms with van der Waals surface area (Å²) in [6.45, 7) is 1.54. The Kier molecular flexibility index (Phi) is 4.28. The van der Waals surface area contributed by atoms with Crippen molar-refractivity contribution in [3.05, 3.63) is 41.5 Å². The zero-order valence-corrected chi connectivity index (χ0v) is 9.34. The van der Waals surface area contributed by atoms with Gasteiger partial charge in [-0.2, -0.15) is 0 Å². The highest BCUT2D eigenvalue weighted by Gasteiger charge is 2.07. The number of nitrogens with two attached hydrogens (primary N) is 1. The van der Waals surface area contributed by atoms with Gasteiger partial charge in [0.1, 0.15) is 12.4 Å². The molecule has 1 aromatic carbocycles. The first-order valence-corrected chi connectivity index (χ1v) is 4.94. The van der Waals surface area contributed by atoms with E-state index in [9.17, 15) is 9.59 Å². The van der Waals surface area contributed by atoms with Crippen molar-refractivity contribution in [1.82, 2.24) is 0 Å². The summed E-state index contributed by atoms with van der Waals surface area (Å²) in [7, 11) is 0. The molecule has 1 amide bonds. The molecule has 0 aliphatic heterocycles. The second-order valence-corrected chi connectivity index (χ2v) is 3.36. The van der Waals surface area contributed by atoms with Gasteiger partial charge in [0.15, 0.2) is 0 Å². The minimum atomic E-state index is -1.00. The molecule has 0 aliphatic carbocycles. The van der Waals surface area contributed by atoms with Crippen molar-refractivity contribution in [2.45, 2.75) is 6.92 Å². The summed E-state index contributed by atoms with van der Waals surface area (Å²) in [6, 6.07) is 6.52. The van der Waals surface area contributed by atoms with E-state index in [1.165, 1.54) is 13.0 Å². The van der Waals surface area contributed by atoms with E-state index in [-0.39, 0.29) is 17.7 Å². The number of amides is 1. The largest absolute Gasteiger partial charge is 0.489 e. The number of benzene rings is 1. The van der Waals surface area contributed by atoms with Gasteiger partial charge in [-0.15, -0.1) is 0 Å². The SMILES string of the molecule is CC(=CCOc1ccccc1C(N)=O)C(=O)O. The number of hydrogen-bond acceptors (Lipinski definition) is 3. The molecule has 0 saturated carbocycles. The molecule has 1 rings (SSSR count). The number of ether oxygens (including phenoxy) is 1. The van der Waals surface area contributed by atoms with Gasteiger partial charge in [-0.1, -0.05) is 12.1 Å². The molecule has 5 nitrogen and oxygen atoms in total. The van der Waals surface area contributed by atoms with Gasteiger partial charge in [0.2, 0.25) is 0 Å². The van der Waals surface area contributed by atoms with Crippen LogP contribution in [0.3, 0.4) is 0 Å². The van der Waals surface area contributed by atoms with E-state index in [0.29, 0.717) is 5.75 Å². The summed E-state index contributed by atoms with van der Waals surface area (Å²) < 4.78 is 5.28. The summed E-state index contributed by atoms with van der Waals surface area (Å²) in [5, 5.41) is 8.62. The van der Waals surface area contributed by atoms with Crippen molar-refractivity contribution in [3.8, 4) is 5.75 Å². The molecule has 0 fully saturated rings. The summed E-state index contributed by atoms with van der Waals surface area (Å²) in [4.78, 5) is 21.6. The van der Waals surface area contributed by atoms with Crippen LogP contribution in [0.25, 0.3) is 0 Å². The number of rotatable bonds is 5. The zero-order valence-electron chi connectivity index (χ0n) is 9.34. The van der Waals surface area contributed by atoms with Crippen molar-refractivity contribution in [2.24, 2.45) is 5.73 Å². The van der Waals surface area contributed by atoms with Crippen LogP contribution in [0.2, 0.25) is 0 Å². The zero-order chi connectivity index (χ0) is 12.8. The predicted octanol–water partition coefficient (Wildman–Crippen LogP) is 1.20. The molecule has 0 bridgehead atoms. The lowest BCUT2D eigenvalue weighted by molar-refractivity contribution is -0.132. The Labute approximate surface area is 98.5 Å². The normalized spacial score (nSPS) is 11.0. The van der Waals surface area contributed by atoms with Gasteiger partial charge in [-0.3, -0.25) is 4.79 Å². The Hall–Kier alpha value is -2.30. The molecule has 90 valence electrons. The molecular formula is C12H13NO4. The minimum absolute atomic E-state index is 0.0719. The summed E-state index contributed by atoms with van der Waals surface area (Å²) in [5.74, 6) is -1.24. The maximum atomic E-state index is 11.1. The molecule has 0 spiro atoms. The standard InChI is InChI=1S/C12H13NO4/c1-8(12(15)16)6-7-17-10-5-3-2-4-9(10)11(13)14/h2-6H,7H2,1H3,(H2,13,14)(H,15,16). The predicted molar refractivity (Wildman–Crippen MR) is 61.8 cm³/mol. The van der Waals surface area contributed by atoms with Crippen LogP contribution in [0.15, 0.2) is 35.9 Å². The van der Waals surface area contributed by atoms with Crippen LogP contribution in [0.1, 0.15) is 17.3 Å². The molecule has 0 aliphatic rings. The summed E-state index contributed by atoms with van der Waals surface area (Å²) in [6.07, 6.45) is 1.42. The molecule has 0 atom stereocenters. The van der Waals surface area contributed by atoms with E-state index in [1.54, 1.807) is 24.3 Å². The van der Waals surface area contributed by atoms with Gasteiger partial charge in [-0.05, 0) is 25.1 Å². The van der Waals surface area contributed by atoms with Crippen LogP contribution < -0.4 is 10.5 Å². The summed E-state index contributed by atoms with van der Waals surface area (Å²) >= 11 is 0. The second kappa shape index (κ2) is 5.69. The van der Waals surface area contributed by atoms with Crippen molar-refractivity contribution in [3.63, 3.8) is 0 Å². The molecule has 1 aromatic rings.